The van der Waals surface area contributed by atoms with Crippen molar-refractivity contribution in [3.05, 3.63) is 46.6 Å². The van der Waals surface area contributed by atoms with Crippen LogP contribution in [0.4, 0.5) is 0 Å². The maximum atomic E-state index is 11.8. The van der Waals surface area contributed by atoms with Gasteiger partial charge < -0.3 is 9.15 Å². The first-order chi connectivity index (χ1) is 10.7. The minimum Gasteiger partial charge on any atom is -0.461 e. The van der Waals surface area contributed by atoms with Crippen LogP contribution < -0.4 is 0 Å². The lowest BCUT2D eigenvalue weighted by molar-refractivity contribution is 0.0520. The predicted octanol–water partition coefficient (Wildman–Crippen LogP) is 3.67. The number of benzene rings is 1. The Bertz CT molecular complexity index is 792. The Hall–Kier alpha value is -2.41. The molecule has 1 N–H and O–H groups in total. The van der Waals surface area contributed by atoms with Gasteiger partial charge in [0.05, 0.1) is 6.61 Å². The number of halogens is 1. The van der Waals surface area contributed by atoms with Crippen LogP contribution in [0.5, 0.6) is 0 Å². The number of nitrogens with zero attached hydrogens (tertiary/aromatic N) is 2. The summed E-state index contributed by atoms with van der Waals surface area (Å²) in [5, 5.41) is 10.2. The van der Waals surface area contributed by atoms with Crippen LogP contribution in [0.15, 0.2) is 45.3 Å². The van der Waals surface area contributed by atoms with E-state index in [-0.39, 0.29) is 12.3 Å². The number of carbonyl (C=O) groups is 1. The third-order valence-corrected chi connectivity index (χ3v) is 3.51. The zero-order valence-electron chi connectivity index (χ0n) is 11.7. The SMILES string of the molecule is CCOC(=O)c1n[nH]nc1-c1ccc(-c2ccc(Br)cc2)o1. The molecule has 3 aromatic rings. The minimum absolute atomic E-state index is 0.110. The average Bonchev–Trinajstić information content (AvgIpc) is 3.17. The van der Waals surface area contributed by atoms with E-state index in [0.29, 0.717) is 17.2 Å². The van der Waals surface area contributed by atoms with Gasteiger partial charge in [0.1, 0.15) is 5.76 Å². The molecule has 0 saturated heterocycles. The summed E-state index contributed by atoms with van der Waals surface area (Å²) in [6.45, 7) is 2.00. The predicted molar refractivity (Wildman–Crippen MR) is 83.2 cm³/mol. The number of aromatic amines is 1. The Morgan fingerprint density at radius 2 is 1.91 bits per heavy atom. The number of nitrogens with one attached hydrogen (secondary N) is 1. The third kappa shape index (κ3) is 2.80. The van der Waals surface area contributed by atoms with Crippen LogP contribution in [-0.2, 0) is 4.74 Å². The second kappa shape index (κ2) is 6.15. The number of ether oxygens (including phenoxy) is 1. The molecule has 0 bridgehead atoms. The summed E-state index contributed by atoms with van der Waals surface area (Å²) in [7, 11) is 0. The van der Waals surface area contributed by atoms with E-state index in [4.69, 9.17) is 9.15 Å². The van der Waals surface area contributed by atoms with Crippen molar-refractivity contribution in [1.29, 1.82) is 0 Å². The average molecular weight is 362 g/mol. The quantitative estimate of drug-likeness (QED) is 0.717. The molecule has 2 heterocycles. The van der Waals surface area contributed by atoms with Crippen molar-refractivity contribution in [2.75, 3.05) is 6.61 Å². The van der Waals surface area contributed by atoms with Crippen LogP contribution in [-0.4, -0.2) is 28.0 Å². The van der Waals surface area contributed by atoms with Gasteiger partial charge in [-0.25, -0.2) is 4.79 Å². The van der Waals surface area contributed by atoms with Gasteiger partial charge in [-0.15, -0.1) is 5.10 Å². The van der Waals surface area contributed by atoms with Gasteiger partial charge in [-0.2, -0.15) is 10.3 Å². The Morgan fingerprint density at radius 1 is 1.18 bits per heavy atom. The fourth-order valence-corrected chi connectivity index (χ4v) is 2.24. The molecule has 3 rings (SSSR count). The van der Waals surface area contributed by atoms with Crippen LogP contribution in [0.3, 0.4) is 0 Å². The van der Waals surface area contributed by atoms with E-state index in [2.05, 4.69) is 31.3 Å². The Balaban J connectivity index is 1.93. The highest BCUT2D eigenvalue weighted by Gasteiger charge is 2.21. The number of hydrogen-bond acceptors (Lipinski definition) is 5. The van der Waals surface area contributed by atoms with Gasteiger partial charge >= 0.3 is 5.97 Å². The summed E-state index contributed by atoms with van der Waals surface area (Å²) in [5.74, 6) is 0.600. The molecule has 0 spiro atoms. The minimum atomic E-state index is -0.534. The zero-order valence-corrected chi connectivity index (χ0v) is 13.3. The summed E-state index contributed by atoms with van der Waals surface area (Å²) in [5.41, 5.74) is 1.37. The normalized spacial score (nSPS) is 10.6. The molecule has 0 radical (unpaired) electrons. The maximum Gasteiger partial charge on any atom is 0.361 e. The monoisotopic (exact) mass is 361 g/mol. The summed E-state index contributed by atoms with van der Waals surface area (Å²) >= 11 is 3.39. The Kier molecular flexibility index (Phi) is 4.06. The maximum absolute atomic E-state index is 11.8. The molecule has 0 saturated carbocycles. The molecule has 0 atom stereocenters. The van der Waals surface area contributed by atoms with Crippen molar-refractivity contribution >= 4 is 21.9 Å². The van der Waals surface area contributed by atoms with Crippen molar-refractivity contribution in [2.45, 2.75) is 6.92 Å². The number of aromatic nitrogens is 3. The summed E-state index contributed by atoms with van der Waals surface area (Å²) < 4.78 is 11.7. The van der Waals surface area contributed by atoms with E-state index in [1.165, 1.54) is 0 Å². The molecule has 6 nitrogen and oxygen atoms in total. The number of hydrogen-bond donors (Lipinski definition) is 1. The van der Waals surface area contributed by atoms with Crippen LogP contribution in [0.1, 0.15) is 17.4 Å². The van der Waals surface area contributed by atoms with Crippen LogP contribution in [0.25, 0.3) is 22.8 Å². The lowest BCUT2D eigenvalue weighted by Crippen LogP contribution is -2.06. The number of furan rings is 1. The van der Waals surface area contributed by atoms with E-state index in [1.807, 2.05) is 30.3 Å². The van der Waals surface area contributed by atoms with Crippen LogP contribution in [0, 0.1) is 0 Å². The van der Waals surface area contributed by atoms with Gasteiger partial charge in [0.25, 0.3) is 0 Å². The van der Waals surface area contributed by atoms with Crippen molar-refractivity contribution in [3.63, 3.8) is 0 Å². The smallest absolute Gasteiger partial charge is 0.361 e. The molecule has 0 aliphatic heterocycles. The molecule has 0 fully saturated rings. The fraction of sp³-hybridized carbons (Fsp3) is 0.133. The van der Waals surface area contributed by atoms with Gasteiger partial charge in [-0.05, 0) is 31.2 Å². The topological polar surface area (TPSA) is 81.0 Å². The van der Waals surface area contributed by atoms with Crippen molar-refractivity contribution in [2.24, 2.45) is 0 Å². The van der Waals surface area contributed by atoms with E-state index >= 15 is 0 Å². The Morgan fingerprint density at radius 3 is 2.64 bits per heavy atom. The standard InChI is InChI=1S/C15H12BrN3O3/c1-2-21-15(20)14-13(17-19-18-14)12-8-7-11(22-12)9-3-5-10(16)6-4-9/h3-8H,2H2,1H3,(H,17,18,19). The van der Waals surface area contributed by atoms with E-state index in [1.54, 1.807) is 13.0 Å². The molecule has 7 heteroatoms. The Labute approximate surface area is 134 Å². The summed E-state index contributed by atoms with van der Waals surface area (Å²) in [4.78, 5) is 11.8. The number of carbonyl (C=O) groups excluding carboxylic acids is 1. The molecule has 0 amide bonds. The second-order valence-corrected chi connectivity index (χ2v) is 5.33. The second-order valence-electron chi connectivity index (χ2n) is 4.41. The largest absolute Gasteiger partial charge is 0.461 e. The molecule has 22 heavy (non-hydrogen) atoms. The van der Waals surface area contributed by atoms with Gasteiger partial charge in [-0.1, -0.05) is 28.1 Å². The first-order valence-corrected chi connectivity index (χ1v) is 7.42. The van der Waals surface area contributed by atoms with Gasteiger partial charge in [0.2, 0.25) is 5.69 Å². The lowest BCUT2D eigenvalue weighted by Gasteiger charge is -1.99. The number of esters is 1. The van der Waals surface area contributed by atoms with Crippen molar-refractivity contribution < 1.29 is 13.9 Å². The highest BCUT2D eigenvalue weighted by atomic mass is 79.9. The summed E-state index contributed by atoms with van der Waals surface area (Å²) in [6.07, 6.45) is 0. The van der Waals surface area contributed by atoms with Crippen LogP contribution >= 0.6 is 15.9 Å². The molecule has 1 aromatic carbocycles. The molecular formula is C15H12BrN3O3. The van der Waals surface area contributed by atoms with Gasteiger partial charge in [-0.3, -0.25) is 0 Å². The third-order valence-electron chi connectivity index (χ3n) is 2.98. The molecule has 112 valence electrons. The molecule has 0 aliphatic carbocycles. The fourth-order valence-electron chi connectivity index (χ4n) is 1.98. The highest BCUT2D eigenvalue weighted by molar-refractivity contribution is 9.10. The van der Waals surface area contributed by atoms with E-state index in [0.717, 1.165) is 10.0 Å². The first-order valence-electron chi connectivity index (χ1n) is 6.63. The molecule has 2 aromatic heterocycles. The van der Waals surface area contributed by atoms with Gasteiger partial charge in [0, 0.05) is 10.0 Å². The number of H-pyrrole nitrogens is 1. The highest BCUT2D eigenvalue weighted by Crippen LogP contribution is 2.29. The summed E-state index contributed by atoms with van der Waals surface area (Å²) in [6, 6.07) is 11.3. The lowest BCUT2D eigenvalue weighted by atomic mass is 10.2. The first kappa shape index (κ1) is 14.5. The van der Waals surface area contributed by atoms with Crippen LogP contribution in [0.2, 0.25) is 0 Å². The molecule has 0 unspecified atom stereocenters. The molecular weight excluding hydrogens is 350 g/mol. The zero-order chi connectivity index (χ0) is 15.5. The van der Waals surface area contributed by atoms with Crippen molar-refractivity contribution in [1.82, 2.24) is 15.4 Å². The number of rotatable bonds is 4. The van der Waals surface area contributed by atoms with Gasteiger partial charge in [0.15, 0.2) is 11.5 Å². The van der Waals surface area contributed by atoms with E-state index < -0.39 is 5.97 Å². The van der Waals surface area contributed by atoms with E-state index in [9.17, 15) is 4.79 Å². The molecule has 0 aliphatic rings. The van der Waals surface area contributed by atoms with Crippen molar-refractivity contribution in [3.8, 4) is 22.8 Å².